The van der Waals surface area contributed by atoms with Gasteiger partial charge in [-0.05, 0) is 19.8 Å². The Morgan fingerprint density at radius 3 is 2.39 bits per heavy atom. The van der Waals surface area contributed by atoms with Gasteiger partial charge in [-0.2, -0.15) is 0 Å². The molecule has 3 rings (SSSR count). The number of nitrogens with zero attached hydrogens (tertiary/aromatic N) is 4. The van der Waals surface area contributed by atoms with E-state index in [-0.39, 0.29) is 29.2 Å². The highest BCUT2D eigenvalue weighted by Gasteiger charge is 2.32. The third-order valence-corrected chi connectivity index (χ3v) is 5.01. The Bertz CT molecular complexity index is 923. The fourth-order valence-corrected chi connectivity index (χ4v) is 3.46. The van der Waals surface area contributed by atoms with Crippen LogP contribution in [0.25, 0.3) is 0 Å². The molecule has 1 aromatic carbocycles. The van der Waals surface area contributed by atoms with Crippen LogP contribution in [0.3, 0.4) is 0 Å². The van der Waals surface area contributed by atoms with Crippen LogP contribution in [-0.2, 0) is 9.53 Å². The summed E-state index contributed by atoms with van der Waals surface area (Å²) in [6.45, 7) is 3.01. The number of benzene rings is 1. The molecular weight excluding hydrogens is 406 g/mol. The zero-order valence-electron chi connectivity index (χ0n) is 17.7. The summed E-state index contributed by atoms with van der Waals surface area (Å²) in [6, 6.07) is 5.05. The summed E-state index contributed by atoms with van der Waals surface area (Å²) in [4.78, 5) is 33.4. The Balaban J connectivity index is 1.86. The Labute approximate surface area is 179 Å². The molecule has 0 radical (unpaired) electrons. The maximum absolute atomic E-state index is 12.0. The number of ether oxygens (including phenoxy) is 3. The van der Waals surface area contributed by atoms with E-state index in [1.807, 2.05) is 0 Å². The van der Waals surface area contributed by atoms with Gasteiger partial charge < -0.3 is 24.4 Å². The molecule has 0 spiro atoms. The standard InChI is InChI=1S/C20H25N5O6/c1-4-31-20(26)13-5-7-24(8-6-13)19-17(25(27)28)18(21-12-22-19)23-14-9-15(29-2)11-16(10-14)30-3/h9-13H,4-8H2,1-3H3,(H,21,22,23). The molecule has 0 amide bonds. The van der Waals surface area contributed by atoms with Gasteiger partial charge in [0.2, 0.25) is 11.6 Å². The number of esters is 1. The van der Waals surface area contributed by atoms with Crippen molar-refractivity contribution in [3.8, 4) is 11.5 Å². The van der Waals surface area contributed by atoms with Crippen LogP contribution in [0, 0.1) is 16.0 Å². The quantitative estimate of drug-likeness (QED) is 0.378. The number of hydrogen-bond donors (Lipinski definition) is 1. The van der Waals surface area contributed by atoms with Crippen molar-refractivity contribution < 1.29 is 23.9 Å². The van der Waals surface area contributed by atoms with Crippen LogP contribution in [-0.4, -0.2) is 54.8 Å². The first-order chi connectivity index (χ1) is 15.0. The summed E-state index contributed by atoms with van der Waals surface area (Å²) in [5, 5.41) is 14.9. The zero-order valence-corrected chi connectivity index (χ0v) is 17.7. The number of aromatic nitrogens is 2. The summed E-state index contributed by atoms with van der Waals surface area (Å²) in [5.41, 5.74) is 0.281. The molecule has 1 aliphatic rings. The van der Waals surface area contributed by atoms with Crippen LogP contribution < -0.4 is 19.7 Å². The minimum Gasteiger partial charge on any atom is -0.497 e. The van der Waals surface area contributed by atoms with Gasteiger partial charge in [0.05, 0.1) is 31.7 Å². The first-order valence-electron chi connectivity index (χ1n) is 9.87. The number of anilines is 3. The molecule has 0 unspecified atom stereocenters. The van der Waals surface area contributed by atoms with E-state index in [1.54, 1.807) is 30.0 Å². The van der Waals surface area contributed by atoms with E-state index in [0.717, 1.165) is 0 Å². The number of piperidine rings is 1. The number of rotatable bonds is 8. The van der Waals surface area contributed by atoms with Crippen molar-refractivity contribution in [2.24, 2.45) is 5.92 Å². The van der Waals surface area contributed by atoms with E-state index >= 15 is 0 Å². The van der Waals surface area contributed by atoms with Gasteiger partial charge in [-0.15, -0.1) is 0 Å². The molecule has 2 aromatic rings. The molecule has 2 heterocycles. The topological polar surface area (TPSA) is 129 Å². The lowest BCUT2D eigenvalue weighted by Crippen LogP contribution is -2.37. The van der Waals surface area contributed by atoms with Gasteiger partial charge in [0.25, 0.3) is 0 Å². The predicted octanol–water partition coefficient (Wildman–Crippen LogP) is 2.93. The van der Waals surface area contributed by atoms with Crippen molar-refractivity contribution in [3.05, 3.63) is 34.6 Å². The molecule has 11 heteroatoms. The SMILES string of the molecule is CCOC(=O)C1CCN(c2ncnc(Nc3cc(OC)cc(OC)c3)c2[N+](=O)[O-])CC1. The van der Waals surface area contributed by atoms with Gasteiger partial charge in [0.15, 0.2) is 0 Å². The molecule has 0 aliphatic carbocycles. The predicted molar refractivity (Wildman–Crippen MR) is 113 cm³/mol. The maximum Gasteiger partial charge on any atom is 0.353 e. The highest BCUT2D eigenvalue weighted by Crippen LogP contribution is 2.36. The molecule has 1 N–H and O–H groups in total. The first kappa shape index (κ1) is 22.1. The summed E-state index contributed by atoms with van der Waals surface area (Å²) < 4.78 is 15.6. The van der Waals surface area contributed by atoms with Crippen LogP contribution in [0.1, 0.15) is 19.8 Å². The van der Waals surface area contributed by atoms with Crippen molar-refractivity contribution in [2.45, 2.75) is 19.8 Å². The Morgan fingerprint density at radius 1 is 1.19 bits per heavy atom. The number of nitro groups is 1. The van der Waals surface area contributed by atoms with E-state index in [9.17, 15) is 14.9 Å². The number of nitrogens with one attached hydrogen (secondary N) is 1. The average Bonchev–Trinajstić information content (AvgIpc) is 2.78. The number of carbonyl (C=O) groups excluding carboxylic acids is 1. The molecule has 0 saturated carbocycles. The van der Waals surface area contributed by atoms with Crippen molar-refractivity contribution in [1.82, 2.24) is 9.97 Å². The zero-order chi connectivity index (χ0) is 22.4. The molecule has 31 heavy (non-hydrogen) atoms. The third kappa shape index (κ3) is 5.11. The van der Waals surface area contributed by atoms with Gasteiger partial charge in [0.1, 0.15) is 17.8 Å². The van der Waals surface area contributed by atoms with Crippen LogP contribution in [0.2, 0.25) is 0 Å². The van der Waals surface area contributed by atoms with Crippen LogP contribution >= 0.6 is 0 Å². The second kappa shape index (κ2) is 9.92. The highest BCUT2D eigenvalue weighted by molar-refractivity contribution is 5.76. The van der Waals surface area contributed by atoms with Gasteiger partial charge in [0, 0.05) is 37.0 Å². The third-order valence-electron chi connectivity index (χ3n) is 5.01. The maximum atomic E-state index is 12.0. The molecule has 1 aliphatic heterocycles. The first-order valence-corrected chi connectivity index (χ1v) is 9.87. The average molecular weight is 431 g/mol. The van der Waals surface area contributed by atoms with Gasteiger partial charge >= 0.3 is 11.7 Å². The second-order valence-electron chi connectivity index (χ2n) is 6.89. The largest absolute Gasteiger partial charge is 0.497 e. The van der Waals surface area contributed by atoms with E-state index in [4.69, 9.17) is 14.2 Å². The van der Waals surface area contributed by atoms with E-state index in [1.165, 1.54) is 20.5 Å². The summed E-state index contributed by atoms with van der Waals surface area (Å²) >= 11 is 0. The van der Waals surface area contributed by atoms with Crippen molar-refractivity contribution in [2.75, 3.05) is 44.1 Å². The van der Waals surface area contributed by atoms with Crippen molar-refractivity contribution in [1.29, 1.82) is 0 Å². The lowest BCUT2D eigenvalue weighted by Gasteiger charge is -2.31. The second-order valence-corrected chi connectivity index (χ2v) is 6.89. The fraction of sp³-hybridized carbons (Fsp3) is 0.450. The van der Waals surface area contributed by atoms with Gasteiger partial charge in [-0.1, -0.05) is 0 Å². The minimum absolute atomic E-state index is 0.0535. The highest BCUT2D eigenvalue weighted by atomic mass is 16.6. The lowest BCUT2D eigenvalue weighted by molar-refractivity contribution is -0.383. The Kier molecular flexibility index (Phi) is 7.06. The monoisotopic (exact) mass is 431 g/mol. The van der Waals surface area contributed by atoms with E-state index in [2.05, 4.69) is 15.3 Å². The van der Waals surface area contributed by atoms with Crippen LogP contribution in [0.4, 0.5) is 23.0 Å². The molecule has 11 nitrogen and oxygen atoms in total. The van der Waals surface area contributed by atoms with Crippen molar-refractivity contribution in [3.63, 3.8) is 0 Å². The number of methoxy groups -OCH3 is 2. The normalized spacial score (nSPS) is 14.1. The van der Waals surface area contributed by atoms with Gasteiger partial charge in [-0.3, -0.25) is 14.9 Å². The lowest BCUT2D eigenvalue weighted by atomic mass is 9.97. The molecule has 0 atom stereocenters. The molecule has 0 bridgehead atoms. The van der Waals surface area contributed by atoms with Crippen LogP contribution in [0.5, 0.6) is 11.5 Å². The molecule has 1 saturated heterocycles. The van der Waals surface area contributed by atoms with Gasteiger partial charge in [-0.25, -0.2) is 9.97 Å². The van der Waals surface area contributed by atoms with E-state index in [0.29, 0.717) is 49.7 Å². The summed E-state index contributed by atoms with van der Waals surface area (Å²) in [5.74, 6) is 0.879. The summed E-state index contributed by atoms with van der Waals surface area (Å²) in [6.07, 6.45) is 2.35. The molecular formula is C20H25N5O6. The Morgan fingerprint density at radius 2 is 1.84 bits per heavy atom. The summed E-state index contributed by atoms with van der Waals surface area (Å²) in [7, 11) is 3.04. The fourth-order valence-electron chi connectivity index (χ4n) is 3.46. The molecule has 166 valence electrons. The van der Waals surface area contributed by atoms with E-state index < -0.39 is 4.92 Å². The molecule has 1 fully saturated rings. The van der Waals surface area contributed by atoms with Crippen molar-refractivity contribution >= 4 is 29.0 Å². The smallest absolute Gasteiger partial charge is 0.353 e. The Hall–Kier alpha value is -3.63. The number of carbonyl (C=O) groups is 1. The van der Waals surface area contributed by atoms with Crippen LogP contribution in [0.15, 0.2) is 24.5 Å². The molecule has 1 aromatic heterocycles. The number of hydrogen-bond acceptors (Lipinski definition) is 10. The minimum atomic E-state index is -0.507.